The summed E-state index contributed by atoms with van der Waals surface area (Å²) >= 11 is 0. The third kappa shape index (κ3) is 6.10. The number of aryl methyl sites for hydroxylation is 1. The second-order valence-electron chi connectivity index (χ2n) is 5.67. The number of anilines is 2. The molecule has 2 rings (SSSR count). The van der Waals surface area contributed by atoms with Gasteiger partial charge < -0.3 is 10.4 Å². The number of carboxylic acids is 1. The minimum absolute atomic E-state index is 0.141. The Hall–Kier alpha value is -2.57. The summed E-state index contributed by atoms with van der Waals surface area (Å²) in [6.07, 6.45) is 0.155. The van der Waals surface area contributed by atoms with Crippen LogP contribution in [0.1, 0.15) is 36.8 Å². The zero-order valence-electron chi connectivity index (χ0n) is 13.5. The number of unbranched alkanes of at least 4 members (excludes halogenated alkanes) is 2. The molecule has 0 saturated heterocycles. The van der Waals surface area contributed by atoms with Crippen LogP contribution >= 0.6 is 0 Å². The van der Waals surface area contributed by atoms with Gasteiger partial charge in [-0.25, -0.2) is 4.98 Å². The normalized spacial score (nSPS) is 11.3. The molecule has 2 N–H and O–H groups in total. The van der Waals surface area contributed by atoms with Crippen LogP contribution in [0.15, 0.2) is 42.6 Å². The molecule has 25 heavy (non-hydrogen) atoms. The molecule has 0 aliphatic heterocycles. The van der Waals surface area contributed by atoms with E-state index in [0.29, 0.717) is 24.3 Å². The minimum atomic E-state index is -4.39. The first-order chi connectivity index (χ1) is 11.9. The molecule has 2 aromatic rings. The van der Waals surface area contributed by atoms with Crippen LogP contribution < -0.4 is 5.32 Å². The van der Waals surface area contributed by atoms with Crippen LogP contribution in [0, 0.1) is 0 Å². The predicted octanol–water partition coefficient (Wildman–Crippen LogP) is 5.03. The van der Waals surface area contributed by atoms with E-state index in [0.717, 1.165) is 30.5 Å². The van der Waals surface area contributed by atoms with Gasteiger partial charge in [-0.2, -0.15) is 13.2 Å². The van der Waals surface area contributed by atoms with Gasteiger partial charge in [-0.05, 0) is 49.1 Å². The van der Waals surface area contributed by atoms with Crippen LogP contribution in [0.25, 0.3) is 0 Å². The minimum Gasteiger partial charge on any atom is -0.481 e. The molecule has 0 atom stereocenters. The van der Waals surface area contributed by atoms with Crippen LogP contribution in [0.3, 0.4) is 0 Å². The molecule has 0 amide bonds. The number of benzene rings is 1. The number of carboxylic acid groups (broad SMARTS) is 1. The summed E-state index contributed by atoms with van der Waals surface area (Å²) in [5.74, 6) is -0.298. The Balaban J connectivity index is 2.02. The van der Waals surface area contributed by atoms with E-state index in [1.54, 1.807) is 18.3 Å². The monoisotopic (exact) mass is 352 g/mol. The number of hydrogen-bond acceptors (Lipinski definition) is 3. The van der Waals surface area contributed by atoms with Gasteiger partial charge in [0, 0.05) is 18.3 Å². The van der Waals surface area contributed by atoms with Crippen molar-refractivity contribution in [3.8, 4) is 0 Å². The molecule has 0 fully saturated rings. The van der Waals surface area contributed by atoms with Crippen LogP contribution in [0.2, 0.25) is 0 Å². The second-order valence-corrected chi connectivity index (χ2v) is 5.67. The molecule has 0 aliphatic rings. The number of aliphatic carboxylic acids is 1. The molecule has 0 aliphatic carbocycles. The Labute approximate surface area is 143 Å². The van der Waals surface area contributed by atoms with Gasteiger partial charge in [0.15, 0.2) is 0 Å². The van der Waals surface area contributed by atoms with Crippen LogP contribution in [-0.4, -0.2) is 16.1 Å². The van der Waals surface area contributed by atoms with Crippen molar-refractivity contribution in [2.24, 2.45) is 0 Å². The lowest BCUT2D eigenvalue weighted by molar-refractivity contribution is -0.138. The lowest BCUT2D eigenvalue weighted by atomic mass is 10.1. The van der Waals surface area contributed by atoms with Gasteiger partial charge in [-0.15, -0.1) is 0 Å². The second kappa shape index (κ2) is 8.50. The van der Waals surface area contributed by atoms with E-state index in [1.807, 2.05) is 6.07 Å². The summed E-state index contributed by atoms with van der Waals surface area (Å²) in [5.41, 5.74) is 0.486. The maximum atomic E-state index is 12.8. The number of nitrogens with one attached hydrogen (secondary N) is 1. The van der Waals surface area contributed by atoms with Gasteiger partial charge in [0.25, 0.3) is 0 Å². The Kier molecular flexibility index (Phi) is 6.38. The number of nitrogens with zero attached hydrogens (tertiary/aromatic N) is 1. The third-order valence-corrected chi connectivity index (χ3v) is 3.68. The molecular formula is C18H19F3N2O2. The van der Waals surface area contributed by atoms with Crippen molar-refractivity contribution in [3.63, 3.8) is 0 Å². The van der Waals surface area contributed by atoms with E-state index < -0.39 is 17.7 Å². The van der Waals surface area contributed by atoms with Crippen molar-refractivity contribution < 1.29 is 23.1 Å². The first-order valence-corrected chi connectivity index (χ1v) is 7.96. The SMILES string of the molecule is O=C(O)CCCCCc1cccnc1Nc1cccc(C(F)(F)F)c1. The average Bonchev–Trinajstić information content (AvgIpc) is 2.55. The number of alkyl halides is 3. The summed E-state index contributed by atoms with van der Waals surface area (Å²) in [7, 11) is 0. The molecule has 134 valence electrons. The quantitative estimate of drug-likeness (QED) is 0.654. The van der Waals surface area contributed by atoms with Gasteiger partial charge in [0.1, 0.15) is 5.82 Å². The van der Waals surface area contributed by atoms with E-state index in [2.05, 4.69) is 10.3 Å². The smallest absolute Gasteiger partial charge is 0.416 e. The molecule has 0 saturated carbocycles. The number of aromatic nitrogens is 1. The molecule has 0 bridgehead atoms. The molecular weight excluding hydrogens is 333 g/mol. The van der Waals surface area contributed by atoms with Gasteiger partial charge in [0.2, 0.25) is 0 Å². The zero-order valence-corrected chi connectivity index (χ0v) is 13.5. The van der Waals surface area contributed by atoms with E-state index in [4.69, 9.17) is 5.11 Å². The van der Waals surface area contributed by atoms with Gasteiger partial charge in [0.05, 0.1) is 5.56 Å². The molecule has 1 heterocycles. The molecule has 1 aromatic carbocycles. The number of hydrogen-bond donors (Lipinski definition) is 2. The van der Waals surface area contributed by atoms with Crippen LogP contribution in [-0.2, 0) is 17.4 Å². The standard InChI is InChI=1S/C18H19F3N2O2/c19-18(20,21)14-8-4-9-15(12-14)23-17-13(7-5-11-22-17)6-2-1-3-10-16(24)25/h4-5,7-9,11-12H,1-3,6,10H2,(H,22,23)(H,24,25). The third-order valence-electron chi connectivity index (χ3n) is 3.68. The summed E-state index contributed by atoms with van der Waals surface area (Å²) < 4.78 is 38.4. The fraction of sp³-hybridized carbons (Fsp3) is 0.333. The number of pyridine rings is 1. The van der Waals surface area contributed by atoms with Crippen molar-refractivity contribution in [2.75, 3.05) is 5.32 Å². The van der Waals surface area contributed by atoms with Crippen LogP contribution in [0.5, 0.6) is 0 Å². The van der Waals surface area contributed by atoms with E-state index in [1.165, 1.54) is 6.07 Å². The number of carbonyl (C=O) groups is 1. The molecule has 0 unspecified atom stereocenters. The van der Waals surface area contributed by atoms with E-state index >= 15 is 0 Å². The lowest BCUT2D eigenvalue weighted by Gasteiger charge is -2.13. The molecule has 0 spiro atoms. The fourth-order valence-electron chi connectivity index (χ4n) is 2.43. The van der Waals surface area contributed by atoms with Crippen molar-refractivity contribution in [3.05, 3.63) is 53.7 Å². The van der Waals surface area contributed by atoms with Crippen molar-refractivity contribution >= 4 is 17.5 Å². The predicted molar refractivity (Wildman–Crippen MR) is 88.8 cm³/mol. The highest BCUT2D eigenvalue weighted by molar-refractivity contribution is 5.66. The van der Waals surface area contributed by atoms with Crippen molar-refractivity contribution in [1.29, 1.82) is 0 Å². The Morgan fingerprint density at radius 1 is 1.12 bits per heavy atom. The molecule has 1 aromatic heterocycles. The van der Waals surface area contributed by atoms with Crippen molar-refractivity contribution in [1.82, 2.24) is 4.98 Å². The maximum absolute atomic E-state index is 12.8. The van der Waals surface area contributed by atoms with Gasteiger partial charge >= 0.3 is 12.1 Å². The topological polar surface area (TPSA) is 62.2 Å². The first-order valence-electron chi connectivity index (χ1n) is 7.96. The number of rotatable bonds is 8. The fourth-order valence-corrected chi connectivity index (χ4v) is 2.43. The maximum Gasteiger partial charge on any atom is 0.416 e. The van der Waals surface area contributed by atoms with Gasteiger partial charge in [-0.1, -0.05) is 18.6 Å². The summed E-state index contributed by atoms with van der Waals surface area (Å²) in [4.78, 5) is 14.7. The zero-order chi connectivity index (χ0) is 18.3. The Morgan fingerprint density at radius 3 is 2.64 bits per heavy atom. The molecule has 4 nitrogen and oxygen atoms in total. The highest BCUT2D eigenvalue weighted by Gasteiger charge is 2.30. The Morgan fingerprint density at radius 2 is 1.92 bits per heavy atom. The molecule has 0 radical (unpaired) electrons. The highest BCUT2D eigenvalue weighted by Crippen LogP contribution is 2.31. The Bertz CT molecular complexity index is 717. The average molecular weight is 352 g/mol. The van der Waals surface area contributed by atoms with E-state index in [9.17, 15) is 18.0 Å². The van der Waals surface area contributed by atoms with Crippen LogP contribution in [0.4, 0.5) is 24.7 Å². The summed E-state index contributed by atoms with van der Waals surface area (Å²) in [6.45, 7) is 0. The highest BCUT2D eigenvalue weighted by atomic mass is 19.4. The van der Waals surface area contributed by atoms with Gasteiger partial charge in [-0.3, -0.25) is 4.79 Å². The lowest BCUT2D eigenvalue weighted by Crippen LogP contribution is -2.06. The summed E-state index contributed by atoms with van der Waals surface area (Å²) in [6, 6.07) is 8.60. The van der Waals surface area contributed by atoms with Crippen molar-refractivity contribution in [2.45, 2.75) is 38.3 Å². The largest absolute Gasteiger partial charge is 0.481 e. The molecule has 7 heteroatoms. The summed E-state index contributed by atoms with van der Waals surface area (Å²) in [5, 5.41) is 11.6. The number of halogens is 3. The first kappa shape index (κ1) is 18.8. The van der Waals surface area contributed by atoms with E-state index in [-0.39, 0.29) is 6.42 Å².